The van der Waals surface area contributed by atoms with Crippen molar-refractivity contribution in [2.24, 2.45) is 0 Å². The number of pyridine rings is 1. The van der Waals surface area contributed by atoms with E-state index in [9.17, 15) is 14.4 Å². The molecule has 0 unspecified atom stereocenters. The van der Waals surface area contributed by atoms with Crippen LogP contribution in [0.1, 0.15) is 40.9 Å². The highest BCUT2D eigenvalue weighted by Crippen LogP contribution is 2.40. The Balaban J connectivity index is 1.58. The number of fused-ring (bicyclic) bond motifs is 2. The smallest absolute Gasteiger partial charge is 0.254 e. The third-order valence-electron chi connectivity index (χ3n) is 6.50. The highest BCUT2D eigenvalue weighted by Gasteiger charge is 2.50. The van der Waals surface area contributed by atoms with Crippen LogP contribution in [-0.4, -0.2) is 53.2 Å². The lowest BCUT2D eigenvalue weighted by Gasteiger charge is -2.34. The molecule has 0 aliphatic carbocycles. The summed E-state index contributed by atoms with van der Waals surface area (Å²) in [7, 11) is 3.05. The molecule has 0 N–H and O–H groups in total. The highest BCUT2D eigenvalue weighted by atomic mass is 16.5. The zero-order chi connectivity index (χ0) is 22.5. The van der Waals surface area contributed by atoms with E-state index in [1.165, 1.54) is 11.9 Å². The number of likely N-dealkylation sites (tertiary alicyclic amines) is 1. The topological polar surface area (TPSA) is 92.9 Å². The maximum atomic E-state index is 13.7. The van der Waals surface area contributed by atoms with Gasteiger partial charge in [-0.3, -0.25) is 24.3 Å². The number of amides is 3. The molecule has 2 aromatic heterocycles. The molecule has 1 saturated heterocycles. The van der Waals surface area contributed by atoms with Crippen molar-refractivity contribution in [1.82, 2.24) is 14.8 Å². The molecule has 1 atom stereocenters. The number of benzene rings is 1. The molecule has 8 nitrogen and oxygen atoms in total. The van der Waals surface area contributed by atoms with Crippen molar-refractivity contribution in [3.63, 3.8) is 0 Å². The van der Waals surface area contributed by atoms with Gasteiger partial charge in [-0.15, -0.1) is 0 Å². The zero-order valence-electron chi connectivity index (χ0n) is 18.0. The van der Waals surface area contributed by atoms with Crippen molar-refractivity contribution in [3.05, 3.63) is 59.5 Å². The fraction of sp³-hybridized carbons (Fsp3) is 0.333. The van der Waals surface area contributed by atoms with Gasteiger partial charge < -0.3 is 14.1 Å². The summed E-state index contributed by atoms with van der Waals surface area (Å²) in [5, 5.41) is 0. The molecule has 2 aliphatic rings. The van der Waals surface area contributed by atoms with Crippen molar-refractivity contribution < 1.29 is 23.5 Å². The molecule has 2 aliphatic heterocycles. The molecule has 5 rings (SSSR count). The predicted octanol–water partition coefficient (Wildman–Crippen LogP) is 2.90. The molecule has 0 spiro atoms. The first-order valence-corrected chi connectivity index (χ1v) is 10.6. The molecule has 0 saturated carbocycles. The Bertz CT molecular complexity index is 1220. The van der Waals surface area contributed by atoms with Crippen LogP contribution >= 0.6 is 0 Å². The number of ether oxygens (including phenoxy) is 1. The molecule has 1 fully saturated rings. The van der Waals surface area contributed by atoms with E-state index < -0.39 is 5.41 Å². The van der Waals surface area contributed by atoms with Crippen LogP contribution in [0, 0.1) is 0 Å². The van der Waals surface area contributed by atoms with Crippen LogP contribution in [-0.2, 0) is 21.5 Å². The quantitative estimate of drug-likeness (QED) is 0.588. The van der Waals surface area contributed by atoms with Crippen molar-refractivity contribution in [3.8, 4) is 5.75 Å². The summed E-state index contributed by atoms with van der Waals surface area (Å²) in [6.07, 6.45) is 2.84. The van der Waals surface area contributed by atoms with Gasteiger partial charge in [-0.05, 0) is 42.7 Å². The van der Waals surface area contributed by atoms with Crippen molar-refractivity contribution >= 4 is 28.8 Å². The number of imide groups is 1. The zero-order valence-corrected chi connectivity index (χ0v) is 18.0. The molecule has 164 valence electrons. The summed E-state index contributed by atoms with van der Waals surface area (Å²) >= 11 is 0. The van der Waals surface area contributed by atoms with E-state index in [2.05, 4.69) is 4.98 Å². The van der Waals surface area contributed by atoms with Crippen molar-refractivity contribution in [1.29, 1.82) is 0 Å². The van der Waals surface area contributed by atoms with Gasteiger partial charge in [-0.1, -0.05) is 6.07 Å². The lowest BCUT2D eigenvalue weighted by Crippen LogP contribution is -2.52. The lowest BCUT2D eigenvalue weighted by molar-refractivity contribution is -0.146. The second-order valence-electron chi connectivity index (χ2n) is 8.38. The van der Waals surface area contributed by atoms with E-state index in [0.717, 1.165) is 5.56 Å². The first kappa shape index (κ1) is 20.2. The Morgan fingerprint density at radius 2 is 2.03 bits per heavy atom. The Morgan fingerprint density at radius 3 is 2.81 bits per heavy atom. The van der Waals surface area contributed by atoms with Gasteiger partial charge in [0.2, 0.25) is 11.8 Å². The molecular formula is C24H23N3O5. The second kappa shape index (κ2) is 7.47. The molecule has 4 heterocycles. The third-order valence-corrected chi connectivity index (χ3v) is 6.50. The number of furan rings is 1. The number of aromatic nitrogens is 1. The van der Waals surface area contributed by atoms with Crippen LogP contribution in [0.5, 0.6) is 5.75 Å². The standard InChI is InChI=1S/C24H23N3O5/c1-26-21(28)6-3-9-24(23(26)30,20-12-18-19(32-20)5-4-10-25-18)14-27-13-15-7-8-16(31-2)11-17(15)22(27)29/h4-5,7-8,10-12H,3,6,9,13-14H2,1-2H3/t24-/m1/s1. The fourth-order valence-electron chi connectivity index (χ4n) is 4.73. The number of hydrogen-bond acceptors (Lipinski definition) is 6. The molecule has 3 aromatic rings. The van der Waals surface area contributed by atoms with Crippen LogP contribution in [0.15, 0.2) is 47.0 Å². The van der Waals surface area contributed by atoms with Crippen LogP contribution in [0.2, 0.25) is 0 Å². The van der Waals surface area contributed by atoms with Crippen LogP contribution in [0.4, 0.5) is 0 Å². The number of hydrogen-bond donors (Lipinski definition) is 0. The Kier molecular flexibility index (Phi) is 4.73. The largest absolute Gasteiger partial charge is 0.497 e. The minimum Gasteiger partial charge on any atom is -0.497 e. The summed E-state index contributed by atoms with van der Waals surface area (Å²) in [5.41, 5.74) is 1.46. The monoisotopic (exact) mass is 433 g/mol. The van der Waals surface area contributed by atoms with E-state index in [1.807, 2.05) is 12.1 Å². The maximum absolute atomic E-state index is 13.7. The Hall–Kier alpha value is -3.68. The first-order valence-electron chi connectivity index (χ1n) is 10.6. The third kappa shape index (κ3) is 3.05. The molecule has 8 heteroatoms. The normalized spacial score (nSPS) is 21.2. The Labute approximate surface area is 184 Å². The minimum atomic E-state index is -1.18. The molecule has 1 aromatic carbocycles. The molecule has 0 bridgehead atoms. The summed E-state index contributed by atoms with van der Waals surface area (Å²) in [6, 6.07) is 10.7. The molecule has 3 amide bonds. The van der Waals surface area contributed by atoms with Gasteiger partial charge in [0.1, 0.15) is 22.4 Å². The molecule has 0 radical (unpaired) electrons. The molecule has 32 heavy (non-hydrogen) atoms. The maximum Gasteiger partial charge on any atom is 0.254 e. The van der Waals surface area contributed by atoms with Crippen molar-refractivity contribution in [2.75, 3.05) is 20.7 Å². The van der Waals surface area contributed by atoms with Crippen molar-refractivity contribution in [2.45, 2.75) is 31.2 Å². The van der Waals surface area contributed by atoms with E-state index in [-0.39, 0.29) is 30.7 Å². The SMILES string of the molecule is COc1ccc2c(c1)C(=O)N(C[C@@]1(c3cc4ncccc4o3)CCCC(=O)N(C)C1=O)C2. The lowest BCUT2D eigenvalue weighted by atomic mass is 9.79. The molecular weight excluding hydrogens is 410 g/mol. The average molecular weight is 433 g/mol. The summed E-state index contributed by atoms with van der Waals surface area (Å²) < 4.78 is 11.4. The van der Waals surface area contributed by atoms with Gasteiger partial charge in [0.25, 0.3) is 5.91 Å². The van der Waals surface area contributed by atoms with Gasteiger partial charge in [0.15, 0.2) is 5.58 Å². The van der Waals surface area contributed by atoms with Crippen LogP contribution in [0.3, 0.4) is 0 Å². The second-order valence-corrected chi connectivity index (χ2v) is 8.38. The van der Waals surface area contributed by atoms with Gasteiger partial charge >= 0.3 is 0 Å². The summed E-state index contributed by atoms with van der Waals surface area (Å²) in [5.74, 6) is 0.276. The number of nitrogens with zero attached hydrogens (tertiary/aromatic N) is 3. The summed E-state index contributed by atoms with van der Waals surface area (Å²) in [4.78, 5) is 46.5. The number of carbonyl (C=O) groups excluding carboxylic acids is 3. The van der Waals surface area contributed by atoms with Gasteiger partial charge in [0, 0.05) is 44.4 Å². The highest BCUT2D eigenvalue weighted by molar-refractivity contribution is 6.03. The van der Waals surface area contributed by atoms with Crippen LogP contribution in [0.25, 0.3) is 11.1 Å². The van der Waals surface area contributed by atoms with Gasteiger partial charge in [-0.25, -0.2) is 0 Å². The Morgan fingerprint density at radius 1 is 1.19 bits per heavy atom. The van der Waals surface area contributed by atoms with Crippen LogP contribution < -0.4 is 4.74 Å². The predicted molar refractivity (Wildman–Crippen MR) is 115 cm³/mol. The van der Waals surface area contributed by atoms with E-state index >= 15 is 0 Å². The van der Waals surface area contributed by atoms with Gasteiger partial charge in [0.05, 0.1) is 7.11 Å². The average Bonchev–Trinajstić information content (AvgIpc) is 3.35. The minimum absolute atomic E-state index is 0.110. The van der Waals surface area contributed by atoms with E-state index in [0.29, 0.717) is 47.6 Å². The number of methoxy groups -OCH3 is 1. The van der Waals surface area contributed by atoms with E-state index in [1.54, 1.807) is 42.5 Å². The van der Waals surface area contributed by atoms with Gasteiger partial charge in [-0.2, -0.15) is 0 Å². The summed E-state index contributed by atoms with van der Waals surface area (Å²) in [6.45, 7) is 0.489. The first-order chi connectivity index (χ1) is 15.4. The fourth-order valence-corrected chi connectivity index (χ4v) is 4.73. The number of rotatable bonds is 4. The van der Waals surface area contributed by atoms with E-state index in [4.69, 9.17) is 9.15 Å². The number of likely N-dealkylation sites (N-methyl/N-ethyl adjacent to an activating group) is 1. The number of carbonyl (C=O) groups is 3.